The molecule has 0 saturated carbocycles. The fraction of sp³-hybridized carbons (Fsp3) is 0.556. The van der Waals surface area contributed by atoms with Crippen molar-refractivity contribution in [3.8, 4) is 0 Å². The first-order valence-electron chi connectivity index (χ1n) is 8.69. The molecule has 1 amide bonds. The highest BCUT2D eigenvalue weighted by Crippen LogP contribution is 2.31. The molecule has 0 unspecified atom stereocenters. The molecule has 0 aliphatic carbocycles. The van der Waals surface area contributed by atoms with Gasteiger partial charge in [0, 0.05) is 40.0 Å². The Morgan fingerprint density at radius 2 is 1.72 bits per heavy atom. The molecule has 1 aromatic heterocycles. The largest absolute Gasteiger partial charge is 0.347 e. The summed E-state index contributed by atoms with van der Waals surface area (Å²) in [5.41, 5.74) is 2.59. The van der Waals surface area contributed by atoms with Crippen LogP contribution in [0.2, 0.25) is 0 Å². The highest BCUT2D eigenvalue weighted by atomic mass is 16.7. The molecule has 2 saturated heterocycles. The minimum Gasteiger partial charge on any atom is -0.347 e. The van der Waals surface area contributed by atoms with Crippen LogP contribution in [0.5, 0.6) is 0 Å². The number of amides is 1. The Balaban J connectivity index is 1.47. The first kappa shape index (κ1) is 16.4. The Morgan fingerprint density at radius 3 is 2.40 bits per heavy atom. The van der Waals surface area contributed by atoms with E-state index in [4.69, 9.17) is 9.47 Å². The summed E-state index contributed by atoms with van der Waals surface area (Å²) in [5, 5.41) is 0. The number of benzene rings is 1. The minimum absolute atomic E-state index is 0.0589. The van der Waals surface area contributed by atoms with Gasteiger partial charge in [0.05, 0.1) is 30.7 Å². The number of aromatic nitrogens is 2. The minimum atomic E-state index is -0.460. The fourth-order valence-electron chi connectivity index (χ4n) is 3.83. The van der Waals surface area contributed by atoms with Crippen molar-refractivity contribution in [1.82, 2.24) is 14.0 Å². The summed E-state index contributed by atoms with van der Waals surface area (Å²) in [6.07, 6.45) is 1.80. The van der Waals surface area contributed by atoms with Crippen molar-refractivity contribution in [3.05, 3.63) is 34.2 Å². The lowest BCUT2D eigenvalue weighted by Crippen LogP contribution is -2.47. The normalized spacial score (nSPS) is 19.8. The first-order valence-corrected chi connectivity index (χ1v) is 8.69. The Hall–Kier alpha value is -2.12. The maximum atomic E-state index is 12.6. The average Bonchev–Trinajstić information content (AvgIpc) is 3.15. The van der Waals surface area contributed by atoms with E-state index < -0.39 is 5.79 Å². The monoisotopic (exact) mass is 345 g/mol. The van der Waals surface area contributed by atoms with Crippen LogP contribution in [0.25, 0.3) is 11.0 Å². The van der Waals surface area contributed by atoms with Gasteiger partial charge in [-0.25, -0.2) is 4.79 Å². The zero-order chi connectivity index (χ0) is 17.6. The second-order valence-electron chi connectivity index (χ2n) is 6.89. The van der Waals surface area contributed by atoms with Crippen LogP contribution in [0.1, 0.15) is 18.4 Å². The summed E-state index contributed by atoms with van der Waals surface area (Å²) in [4.78, 5) is 26.5. The molecular formula is C18H23N3O4. The van der Waals surface area contributed by atoms with Gasteiger partial charge in [-0.1, -0.05) is 6.07 Å². The lowest BCUT2D eigenvalue weighted by Gasteiger charge is -2.37. The highest BCUT2D eigenvalue weighted by molar-refractivity contribution is 5.82. The van der Waals surface area contributed by atoms with Crippen molar-refractivity contribution < 1.29 is 14.3 Å². The Morgan fingerprint density at radius 1 is 1.08 bits per heavy atom. The maximum Gasteiger partial charge on any atom is 0.328 e. The summed E-state index contributed by atoms with van der Waals surface area (Å²) < 4.78 is 14.6. The van der Waals surface area contributed by atoms with Crippen molar-refractivity contribution in [2.24, 2.45) is 14.1 Å². The lowest BCUT2D eigenvalue weighted by molar-refractivity contribution is -0.187. The van der Waals surface area contributed by atoms with Gasteiger partial charge in [-0.15, -0.1) is 0 Å². The number of rotatable bonds is 2. The second kappa shape index (κ2) is 6.00. The number of hydrogen-bond acceptors (Lipinski definition) is 4. The van der Waals surface area contributed by atoms with Crippen molar-refractivity contribution >= 4 is 16.9 Å². The number of ether oxygens (including phenoxy) is 2. The van der Waals surface area contributed by atoms with Crippen molar-refractivity contribution in [2.45, 2.75) is 25.0 Å². The van der Waals surface area contributed by atoms with E-state index in [1.807, 2.05) is 23.1 Å². The van der Waals surface area contributed by atoms with Gasteiger partial charge >= 0.3 is 5.69 Å². The molecule has 2 aromatic rings. The van der Waals surface area contributed by atoms with Crippen LogP contribution in [-0.2, 0) is 34.8 Å². The van der Waals surface area contributed by atoms with Crippen LogP contribution in [0.3, 0.4) is 0 Å². The summed E-state index contributed by atoms with van der Waals surface area (Å²) in [6, 6.07) is 5.77. The number of nitrogens with zero attached hydrogens (tertiary/aromatic N) is 3. The van der Waals surface area contributed by atoms with E-state index in [0.717, 1.165) is 29.4 Å². The Bertz CT molecular complexity index is 866. The fourth-order valence-corrected chi connectivity index (χ4v) is 3.83. The molecule has 25 heavy (non-hydrogen) atoms. The molecule has 4 rings (SSSR count). The van der Waals surface area contributed by atoms with Crippen molar-refractivity contribution in [1.29, 1.82) is 0 Å². The second-order valence-corrected chi connectivity index (χ2v) is 6.89. The number of imidazole rings is 1. The number of aryl methyl sites for hydroxylation is 2. The molecule has 0 bridgehead atoms. The van der Waals surface area contributed by atoms with E-state index in [0.29, 0.717) is 32.7 Å². The van der Waals surface area contributed by atoms with Gasteiger partial charge in [0.1, 0.15) is 0 Å². The van der Waals surface area contributed by atoms with Gasteiger partial charge in [-0.3, -0.25) is 13.9 Å². The van der Waals surface area contributed by atoms with Gasteiger partial charge in [-0.2, -0.15) is 0 Å². The third-order valence-corrected chi connectivity index (χ3v) is 5.38. The SMILES string of the molecule is Cn1c(=O)n(C)c2cc(CC(=O)N3CCC4(CC3)OCCO4)ccc21. The quantitative estimate of drug-likeness (QED) is 0.807. The van der Waals surface area contributed by atoms with Crippen LogP contribution >= 0.6 is 0 Å². The first-order chi connectivity index (χ1) is 12.0. The van der Waals surface area contributed by atoms with E-state index >= 15 is 0 Å². The van der Waals surface area contributed by atoms with Gasteiger partial charge in [0.25, 0.3) is 0 Å². The molecule has 1 spiro atoms. The predicted octanol–water partition coefficient (Wildman–Crippen LogP) is 0.785. The number of carbonyl (C=O) groups excluding carboxylic acids is 1. The van der Waals surface area contributed by atoms with E-state index in [2.05, 4.69) is 0 Å². The van der Waals surface area contributed by atoms with Crippen molar-refractivity contribution in [3.63, 3.8) is 0 Å². The zero-order valence-electron chi connectivity index (χ0n) is 14.7. The lowest BCUT2D eigenvalue weighted by atomic mass is 10.0. The Labute approximate surface area is 145 Å². The van der Waals surface area contributed by atoms with Crippen LogP contribution in [-0.4, -0.2) is 52.0 Å². The highest BCUT2D eigenvalue weighted by Gasteiger charge is 2.40. The van der Waals surface area contributed by atoms with Gasteiger partial charge in [0.2, 0.25) is 5.91 Å². The number of hydrogen-bond donors (Lipinski definition) is 0. The smallest absolute Gasteiger partial charge is 0.328 e. The number of fused-ring (bicyclic) bond motifs is 1. The summed E-state index contributed by atoms with van der Waals surface area (Å²) >= 11 is 0. The maximum absolute atomic E-state index is 12.6. The molecule has 0 atom stereocenters. The van der Waals surface area contributed by atoms with Crippen LogP contribution in [0.4, 0.5) is 0 Å². The van der Waals surface area contributed by atoms with E-state index in [1.54, 1.807) is 23.2 Å². The average molecular weight is 345 g/mol. The van der Waals surface area contributed by atoms with Crippen LogP contribution < -0.4 is 5.69 Å². The zero-order valence-corrected chi connectivity index (χ0v) is 14.7. The van der Waals surface area contributed by atoms with Crippen LogP contribution in [0.15, 0.2) is 23.0 Å². The number of carbonyl (C=O) groups is 1. The molecular weight excluding hydrogens is 322 g/mol. The van der Waals surface area contributed by atoms with E-state index in [9.17, 15) is 9.59 Å². The summed E-state index contributed by atoms with van der Waals surface area (Å²) in [7, 11) is 3.51. The topological polar surface area (TPSA) is 65.7 Å². The summed E-state index contributed by atoms with van der Waals surface area (Å²) in [6.45, 7) is 2.60. The van der Waals surface area contributed by atoms with Crippen molar-refractivity contribution in [2.75, 3.05) is 26.3 Å². The third kappa shape index (κ3) is 2.77. The molecule has 0 radical (unpaired) electrons. The predicted molar refractivity (Wildman–Crippen MR) is 92.3 cm³/mol. The third-order valence-electron chi connectivity index (χ3n) is 5.38. The molecule has 2 fully saturated rings. The molecule has 2 aliphatic heterocycles. The molecule has 1 aromatic carbocycles. The summed E-state index contributed by atoms with van der Waals surface area (Å²) in [5.74, 6) is -0.356. The molecule has 7 nitrogen and oxygen atoms in total. The standard InChI is InChI=1S/C18H23N3O4/c1-19-14-4-3-13(11-15(14)20(2)17(19)23)12-16(22)21-7-5-18(6-8-21)24-9-10-25-18/h3-4,11H,5-10,12H2,1-2H3. The molecule has 0 N–H and O–H groups in total. The molecule has 134 valence electrons. The van der Waals surface area contributed by atoms with Gasteiger partial charge < -0.3 is 14.4 Å². The number of likely N-dealkylation sites (tertiary alicyclic amines) is 1. The molecule has 7 heteroatoms. The molecule has 2 aliphatic rings. The van der Waals surface area contributed by atoms with Crippen LogP contribution in [0, 0.1) is 0 Å². The van der Waals surface area contributed by atoms with Gasteiger partial charge in [0.15, 0.2) is 5.79 Å². The number of piperidine rings is 1. The Kier molecular flexibility index (Phi) is 3.92. The van der Waals surface area contributed by atoms with E-state index in [-0.39, 0.29) is 11.6 Å². The van der Waals surface area contributed by atoms with Gasteiger partial charge in [-0.05, 0) is 17.7 Å². The molecule has 3 heterocycles. The van der Waals surface area contributed by atoms with E-state index in [1.165, 1.54) is 0 Å².